The number of urea groups is 1. The summed E-state index contributed by atoms with van der Waals surface area (Å²) in [5, 5.41) is 6.33. The van der Waals surface area contributed by atoms with E-state index >= 15 is 0 Å². The quantitative estimate of drug-likeness (QED) is 0.652. The van der Waals surface area contributed by atoms with Gasteiger partial charge in [0.2, 0.25) is 0 Å². The summed E-state index contributed by atoms with van der Waals surface area (Å²) >= 11 is 0. The zero-order valence-corrected chi connectivity index (χ0v) is 13.8. The summed E-state index contributed by atoms with van der Waals surface area (Å²) < 4.78 is 9.91. The minimum atomic E-state index is -1.21. The molecular formula is C17H17N3O5. The summed E-state index contributed by atoms with van der Waals surface area (Å²) in [7, 11) is 0. The van der Waals surface area contributed by atoms with E-state index in [9.17, 15) is 14.4 Å². The van der Waals surface area contributed by atoms with Crippen molar-refractivity contribution in [1.29, 1.82) is 0 Å². The summed E-state index contributed by atoms with van der Waals surface area (Å²) in [6.45, 7) is 2.77. The first-order valence-electron chi connectivity index (χ1n) is 7.67. The molecule has 1 aromatic heterocycles. The fraction of sp³-hybridized carbons (Fsp3) is 0.294. The largest absolute Gasteiger partial charge is 0.458 e. The molecule has 130 valence electrons. The molecule has 1 saturated heterocycles. The molecule has 1 fully saturated rings. The molecule has 3 amide bonds. The molecule has 25 heavy (non-hydrogen) atoms. The van der Waals surface area contributed by atoms with Gasteiger partial charge in [-0.25, -0.2) is 4.79 Å². The fourth-order valence-electron chi connectivity index (χ4n) is 2.62. The molecule has 8 nitrogen and oxygen atoms in total. The van der Waals surface area contributed by atoms with Crippen molar-refractivity contribution in [2.75, 3.05) is 6.54 Å². The summed E-state index contributed by atoms with van der Waals surface area (Å²) in [5.41, 5.74) is -0.110. The number of benzene rings is 1. The zero-order chi connectivity index (χ0) is 18.0. The van der Waals surface area contributed by atoms with Crippen LogP contribution in [0.1, 0.15) is 23.9 Å². The molecular weight excluding hydrogens is 326 g/mol. The molecule has 0 unspecified atom stereocenters. The SMILES string of the molecule is Cc1cc(COC(=O)CN2C(=O)N[C@@](C)(c3ccccc3)C2=O)no1. The molecule has 1 aliphatic rings. The van der Waals surface area contributed by atoms with Crippen LogP contribution in [0, 0.1) is 6.92 Å². The van der Waals surface area contributed by atoms with Gasteiger partial charge in [0.1, 0.15) is 30.1 Å². The van der Waals surface area contributed by atoms with Crippen molar-refractivity contribution in [3.63, 3.8) is 0 Å². The van der Waals surface area contributed by atoms with Crippen molar-refractivity contribution < 1.29 is 23.6 Å². The Balaban J connectivity index is 1.65. The molecule has 0 saturated carbocycles. The van der Waals surface area contributed by atoms with E-state index in [2.05, 4.69) is 10.5 Å². The first-order chi connectivity index (χ1) is 11.9. The average molecular weight is 343 g/mol. The highest BCUT2D eigenvalue weighted by molar-refractivity contribution is 6.08. The molecule has 1 aliphatic heterocycles. The lowest BCUT2D eigenvalue weighted by molar-refractivity contribution is -0.149. The number of amides is 3. The number of esters is 1. The highest BCUT2D eigenvalue weighted by Gasteiger charge is 2.49. The maximum absolute atomic E-state index is 12.7. The van der Waals surface area contributed by atoms with E-state index in [4.69, 9.17) is 9.26 Å². The third-order valence-corrected chi connectivity index (χ3v) is 3.97. The minimum Gasteiger partial charge on any atom is -0.458 e. The highest BCUT2D eigenvalue weighted by Crippen LogP contribution is 2.28. The van der Waals surface area contributed by atoms with E-state index < -0.39 is 30.0 Å². The van der Waals surface area contributed by atoms with Crippen molar-refractivity contribution in [3.05, 3.63) is 53.4 Å². The second-order valence-electron chi connectivity index (χ2n) is 5.90. The van der Waals surface area contributed by atoms with E-state index in [0.717, 1.165) is 4.90 Å². The third kappa shape index (κ3) is 3.23. The number of carbonyl (C=O) groups excluding carboxylic acids is 3. The number of ether oxygens (including phenoxy) is 1. The van der Waals surface area contributed by atoms with Gasteiger partial charge >= 0.3 is 12.0 Å². The van der Waals surface area contributed by atoms with E-state index in [1.807, 2.05) is 6.07 Å². The van der Waals surface area contributed by atoms with Crippen molar-refractivity contribution in [2.24, 2.45) is 0 Å². The van der Waals surface area contributed by atoms with Crippen molar-refractivity contribution in [2.45, 2.75) is 26.0 Å². The molecule has 0 aliphatic carbocycles. The maximum atomic E-state index is 12.7. The van der Waals surface area contributed by atoms with Gasteiger partial charge in [0.05, 0.1) is 0 Å². The number of carbonyl (C=O) groups is 3. The highest BCUT2D eigenvalue weighted by atomic mass is 16.5. The zero-order valence-electron chi connectivity index (χ0n) is 13.8. The summed E-state index contributed by atoms with van der Waals surface area (Å²) in [6.07, 6.45) is 0. The number of nitrogens with zero attached hydrogens (tertiary/aromatic N) is 2. The lowest BCUT2D eigenvalue weighted by atomic mass is 9.92. The molecule has 0 bridgehead atoms. The molecule has 3 rings (SSSR count). The van der Waals surface area contributed by atoms with Gasteiger partial charge in [0, 0.05) is 6.07 Å². The molecule has 1 N–H and O–H groups in total. The van der Waals surface area contributed by atoms with Crippen LogP contribution in [-0.4, -0.2) is 34.5 Å². The van der Waals surface area contributed by atoms with Crippen LogP contribution in [0.2, 0.25) is 0 Å². The van der Waals surface area contributed by atoms with Crippen LogP contribution in [0.3, 0.4) is 0 Å². The van der Waals surface area contributed by atoms with Crippen LogP contribution < -0.4 is 5.32 Å². The Kier molecular flexibility index (Phi) is 4.26. The van der Waals surface area contributed by atoms with Gasteiger partial charge in [-0.2, -0.15) is 0 Å². The van der Waals surface area contributed by atoms with Crippen LogP contribution in [0.5, 0.6) is 0 Å². The van der Waals surface area contributed by atoms with E-state index in [1.54, 1.807) is 44.2 Å². The van der Waals surface area contributed by atoms with E-state index in [-0.39, 0.29) is 6.61 Å². The second-order valence-corrected chi connectivity index (χ2v) is 5.90. The van der Waals surface area contributed by atoms with Crippen LogP contribution >= 0.6 is 0 Å². The molecule has 2 heterocycles. The first kappa shape index (κ1) is 16.7. The predicted octanol–water partition coefficient (Wildman–Crippen LogP) is 1.49. The number of nitrogens with one attached hydrogen (secondary N) is 1. The molecule has 8 heteroatoms. The van der Waals surface area contributed by atoms with Gasteiger partial charge in [-0.1, -0.05) is 35.5 Å². The molecule has 2 aromatic rings. The number of aromatic nitrogens is 1. The van der Waals surface area contributed by atoms with Crippen LogP contribution in [0.4, 0.5) is 4.79 Å². The Morgan fingerprint density at radius 3 is 2.68 bits per heavy atom. The van der Waals surface area contributed by atoms with E-state index in [1.165, 1.54) is 0 Å². The summed E-state index contributed by atoms with van der Waals surface area (Å²) in [6, 6.07) is 9.85. The second kappa shape index (κ2) is 6.39. The minimum absolute atomic E-state index is 0.0875. The Labute approximate surface area is 143 Å². The smallest absolute Gasteiger partial charge is 0.326 e. The van der Waals surface area contributed by atoms with Crippen LogP contribution in [0.15, 0.2) is 40.9 Å². The van der Waals surface area contributed by atoms with Crippen LogP contribution in [0.25, 0.3) is 0 Å². The molecule has 0 spiro atoms. The Hall–Kier alpha value is -3.16. The van der Waals surface area contributed by atoms with Gasteiger partial charge in [-0.3, -0.25) is 14.5 Å². The number of hydrogen-bond donors (Lipinski definition) is 1. The van der Waals surface area contributed by atoms with Crippen LogP contribution in [-0.2, 0) is 26.5 Å². The van der Waals surface area contributed by atoms with Gasteiger partial charge < -0.3 is 14.6 Å². The Morgan fingerprint density at radius 2 is 2.04 bits per heavy atom. The molecule has 1 atom stereocenters. The number of rotatable bonds is 5. The molecule has 1 aromatic carbocycles. The number of imide groups is 1. The lowest BCUT2D eigenvalue weighted by Gasteiger charge is -2.21. The van der Waals surface area contributed by atoms with Gasteiger partial charge in [-0.15, -0.1) is 0 Å². The standard InChI is InChI=1S/C17H17N3O5/c1-11-8-13(19-25-11)10-24-14(21)9-20-15(22)17(2,18-16(20)23)12-6-4-3-5-7-12/h3-8H,9-10H2,1-2H3,(H,18,23)/t17-/m0/s1. The third-order valence-electron chi connectivity index (χ3n) is 3.97. The maximum Gasteiger partial charge on any atom is 0.326 e. The Bertz CT molecular complexity index is 817. The average Bonchev–Trinajstić information content (AvgIpc) is 3.11. The number of aryl methyl sites for hydroxylation is 1. The van der Waals surface area contributed by atoms with Crippen molar-refractivity contribution in [3.8, 4) is 0 Å². The van der Waals surface area contributed by atoms with E-state index in [0.29, 0.717) is 17.0 Å². The first-order valence-corrected chi connectivity index (χ1v) is 7.67. The topological polar surface area (TPSA) is 102 Å². The monoisotopic (exact) mass is 343 g/mol. The van der Waals surface area contributed by atoms with Crippen molar-refractivity contribution in [1.82, 2.24) is 15.4 Å². The van der Waals surface area contributed by atoms with Gasteiger partial charge in [0.15, 0.2) is 0 Å². The fourth-order valence-corrected chi connectivity index (χ4v) is 2.62. The Morgan fingerprint density at radius 1 is 1.32 bits per heavy atom. The summed E-state index contributed by atoms with van der Waals surface area (Å²) in [5.74, 6) is -0.613. The van der Waals surface area contributed by atoms with Gasteiger partial charge in [-0.05, 0) is 19.4 Å². The summed E-state index contributed by atoms with van der Waals surface area (Å²) in [4.78, 5) is 37.6. The normalized spacial score (nSPS) is 19.8. The molecule has 0 radical (unpaired) electrons. The predicted molar refractivity (Wildman–Crippen MR) is 85.1 cm³/mol. The number of hydrogen-bond acceptors (Lipinski definition) is 6. The lowest BCUT2D eigenvalue weighted by Crippen LogP contribution is -2.41. The van der Waals surface area contributed by atoms with Crippen molar-refractivity contribution >= 4 is 17.9 Å². The van der Waals surface area contributed by atoms with Gasteiger partial charge in [0.25, 0.3) is 5.91 Å².